The number of methoxy groups -OCH3 is 2. The summed E-state index contributed by atoms with van der Waals surface area (Å²) in [4.78, 5) is 12.2. The van der Waals surface area contributed by atoms with Gasteiger partial charge >= 0.3 is 0 Å². The van der Waals surface area contributed by atoms with Crippen LogP contribution in [0.25, 0.3) is 0 Å². The number of ether oxygens (including phenoxy) is 2. The van der Waals surface area contributed by atoms with E-state index in [0.717, 1.165) is 33.8 Å². The standard InChI is InChI=1S/C19H23NO3/c1-13-9-14(2)17(18(10-13)23-4)11-19(21)20-12-15-5-7-16(22-3)8-6-15/h5-10H,11-12H2,1-4H3,(H,20,21). The summed E-state index contributed by atoms with van der Waals surface area (Å²) in [5.41, 5.74) is 4.17. The van der Waals surface area contributed by atoms with Crippen molar-refractivity contribution in [3.8, 4) is 11.5 Å². The lowest BCUT2D eigenvalue weighted by Crippen LogP contribution is -2.25. The number of hydrogen-bond acceptors (Lipinski definition) is 3. The molecule has 2 aromatic rings. The highest BCUT2D eigenvalue weighted by Crippen LogP contribution is 2.24. The minimum Gasteiger partial charge on any atom is -0.497 e. The maximum Gasteiger partial charge on any atom is 0.224 e. The molecule has 0 aliphatic rings. The predicted octanol–water partition coefficient (Wildman–Crippen LogP) is 3.18. The highest BCUT2D eigenvalue weighted by Gasteiger charge is 2.12. The van der Waals surface area contributed by atoms with Gasteiger partial charge in [0.1, 0.15) is 11.5 Å². The molecule has 0 saturated carbocycles. The van der Waals surface area contributed by atoms with E-state index in [4.69, 9.17) is 9.47 Å². The number of benzene rings is 2. The third kappa shape index (κ3) is 4.49. The first-order valence-electron chi connectivity index (χ1n) is 7.57. The van der Waals surface area contributed by atoms with Gasteiger partial charge in [0, 0.05) is 12.1 Å². The molecule has 23 heavy (non-hydrogen) atoms. The van der Waals surface area contributed by atoms with E-state index in [1.807, 2.05) is 44.2 Å². The molecule has 0 bridgehead atoms. The minimum absolute atomic E-state index is 0.0222. The Bertz CT molecular complexity index is 678. The van der Waals surface area contributed by atoms with Gasteiger partial charge in [0.15, 0.2) is 0 Å². The van der Waals surface area contributed by atoms with E-state index < -0.39 is 0 Å². The summed E-state index contributed by atoms with van der Waals surface area (Å²) in [6.07, 6.45) is 0.311. The Morgan fingerprint density at radius 1 is 1.04 bits per heavy atom. The second-order valence-corrected chi connectivity index (χ2v) is 5.56. The third-order valence-corrected chi connectivity index (χ3v) is 3.78. The molecule has 2 rings (SSSR count). The van der Waals surface area contributed by atoms with Crippen LogP contribution in [-0.4, -0.2) is 20.1 Å². The van der Waals surface area contributed by atoms with Gasteiger partial charge in [0.25, 0.3) is 0 Å². The van der Waals surface area contributed by atoms with Gasteiger partial charge in [0.05, 0.1) is 20.6 Å². The average molecular weight is 313 g/mol. The molecule has 4 heteroatoms. The molecule has 0 spiro atoms. The zero-order valence-corrected chi connectivity index (χ0v) is 14.1. The van der Waals surface area contributed by atoms with Crippen molar-refractivity contribution in [3.63, 3.8) is 0 Å². The first-order valence-corrected chi connectivity index (χ1v) is 7.57. The molecule has 0 atom stereocenters. The van der Waals surface area contributed by atoms with Gasteiger partial charge in [-0.15, -0.1) is 0 Å². The first kappa shape index (κ1) is 16.9. The molecule has 0 unspecified atom stereocenters. The summed E-state index contributed by atoms with van der Waals surface area (Å²) in [7, 11) is 3.26. The fraction of sp³-hybridized carbons (Fsp3) is 0.316. The Balaban J connectivity index is 1.99. The molecule has 0 aliphatic carbocycles. The third-order valence-electron chi connectivity index (χ3n) is 3.78. The molecular weight excluding hydrogens is 290 g/mol. The highest BCUT2D eigenvalue weighted by molar-refractivity contribution is 5.79. The van der Waals surface area contributed by atoms with Crippen LogP contribution in [0.4, 0.5) is 0 Å². The van der Waals surface area contributed by atoms with Crippen molar-refractivity contribution in [2.24, 2.45) is 0 Å². The van der Waals surface area contributed by atoms with Crippen molar-refractivity contribution in [2.75, 3.05) is 14.2 Å². The maximum atomic E-state index is 12.2. The van der Waals surface area contributed by atoms with Crippen LogP contribution in [0.3, 0.4) is 0 Å². The normalized spacial score (nSPS) is 10.3. The molecule has 0 aliphatic heterocycles. The molecule has 0 saturated heterocycles. The SMILES string of the molecule is COc1ccc(CNC(=O)Cc2c(C)cc(C)cc2OC)cc1. The number of amides is 1. The molecule has 0 heterocycles. The van der Waals surface area contributed by atoms with Crippen molar-refractivity contribution >= 4 is 5.91 Å². The topological polar surface area (TPSA) is 47.6 Å². The average Bonchev–Trinajstić information content (AvgIpc) is 2.55. The van der Waals surface area contributed by atoms with Crippen molar-refractivity contribution < 1.29 is 14.3 Å². The van der Waals surface area contributed by atoms with E-state index in [-0.39, 0.29) is 5.91 Å². The molecule has 2 aromatic carbocycles. The van der Waals surface area contributed by atoms with E-state index in [1.165, 1.54) is 0 Å². The Morgan fingerprint density at radius 3 is 2.35 bits per heavy atom. The number of nitrogens with one attached hydrogen (secondary N) is 1. The smallest absolute Gasteiger partial charge is 0.224 e. The van der Waals surface area contributed by atoms with Crippen LogP contribution in [0, 0.1) is 13.8 Å². The number of carbonyl (C=O) groups excluding carboxylic acids is 1. The Kier molecular flexibility index (Phi) is 5.63. The second-order valence-electron chi connectivity index (χ2n) is 5.56. The zero-order valence-electron chi connectivity index (χ0n) is 14.1. The minimum atomic E-state index is -0.0222. The van der Waals surface area contributed by atoms with Crippen LogP contribution in [0.15, 0.2) is 36.4 Å². The van der Waals surface area contributed by atoms with E-state index >= 15 is 0 Å². The van der Waals surface area contributed by atoms with Crippen molar-refractivity contribution in [1.29, 1.82) is 0 Å². The van der Waals surface area contributed by atoms with Gasteiger partial charge in [0.2, 0.25) is 5.91 Å². The monoisotopic (exact) mass is 313 g/mol. The van der Waals surface area contributed by atoms with E-state index in [1.54, 1.807) is 14.2 Å². The largest absolute Gasteiger partial charge is 0.497 e. The van der Waals surface area contributed by atoms with Crippen LogP contribution in [0.1, 0.15) is 22.3 Å². The summed E-state index contributed by atoms with van der Waals surface area (Å²) >= 11 is 0. The Labute approximate surface area is 137 Å². The quantitative estimate of drug-likeness (QED) is 0.891. The summed E-state index contributed by atoms with van der Waals surface area (Å²) < 4.78 is 10.5. The van der Waals surface area contributed by atoms with Gasteiger partial charge in [-0.2, -0.15) is 0 Å². The first-order chi connectivity index (χ1) is 11.0. The maximum absolute atomic E-state index is 12.2. The van der Waals surface area contributed by atoms with E-state index in [9.17, 15) is 4.79 Å². The van der Waals surface area contributed by atoms with Crippen LogP contribution >= 0.6 is 0 Å². The number of carbonyl (C=O) groups is 1. The fourth-order valence-electron chi connectivity index (χ4n) is 2.53. The summed E-state index contributed by atoms with van der Waals surface area (Å²) in [5.74, 6) is 1.55. The fourth-order valence-corrected chi connectivity index (χ4v) is 2.53. The van der Waals surface area contributed by atoms with E-state index in [2.05, 4.69) is 11.4 Å². The predicted molar refractivity (Wildman–Crippen MR) is 91.0 cm³/mol. The van der Waals surface area contributed by atoms with Crippen molar-refractivity contribution in [2.45, 2.75) is 26.8 Å². The molecule has 1 N–H and O–H groups in total. The second kappa shape index (κ2) is 7.68. The highest BCUT2D eigenvalue weighted by atomic mass is 16.5. The molecule has 1 amide bonds. The summed E-state index contributed by atoms with van der Waals surface area (Å²) in [5, 5.41) is 2.94. The van der Waals surface area contributed by atoms with Crippen molar-refractivity contribution in [3.05, 3.63) is 58.7 Å². The van der Waals surface area contributed by atoms with Gasteiger partial charge < -0.3 is 14.8 Å². The molecule has 0 aromatic heterocycles. The van der Waals surface area contributed by atoms with Crippen LogP contribution < -0.4 is 14.8 Å². The number of aryl methyl sites for hydroxylation is 2. The summed E-state index contributed by atoms with van der Waals surface area (Å²) in [6, 6.07) is 11.7. The zero-order chi connectivity index (χ0) is 16.8. The van der Waals surface area contributed by atoms with Crippen LogP contribution in [-0.2, 0) is 17.8 Å². The summed E-state index contributed by atoms with van der Waals surface area (Å²) in [6.45, 7) is 4.51. The van der Waals surface area contributed by atoms with E-state index in [0.29, 0.717) is 13.0 Å². The van der Waals surface area contributed by atoms with Gasteiger partial charge in [-0.25, -0.2) is 0 Å². The molecule has 0 radical (unpaired) electrons. The number of hydrogen-bond donors (Lipinski definition) is 1. The molecular formula is C19H23NO3. The molecule has 0 fully saturated rings. The Hall–Kier alpha value is -2.49. The Morgan fingerprint density at radius 2 is 1.74 bits per heavy atom. The van der Waals surface area contributed by atoms with Crippen LogP contribution in [0.5, 0.6) is 11.5 Å². The van der Waals surface area contributed by atoms with Gasteiger partial charge in [-0.05, 0) is 48.7 Å². The molecule has 4 nitrogen and oxygen atoms in total. The molecule has 122 valence electrons. The van der Waals surface area contributed by atoms with Crippen LogP contribution in [0.2, 0.25) is 0 Å². The van der Waals surface area contributed by atoms with Crippen molar-refractivity contribution in [1.82, 2.24) is 5.32 Å². The van der Waals surface area contributed by atoms with Gasteiger partial charge in [-0.1, -0.05) is 18.2 Å². The lowest BCUT2D eigenvalue weighted by molar-refractivity contribution is -0.120. The number of rotatable bonds is 6. The lowest BCUT2D eigenvalue weighted by Gasteiger charge is -2.13. The van der Waals surface area contributed by atoms with Gasteiger partial charge in [-0.3, -0.25) is 4.79 Å². The lowest BCUT2D eigenvalue weighted by atomic mass is 10.0.